The van der Waals surface area contributed by atoms with E-state index in [0.29, 0.717) is 13.2 Å². The standard InChI is InChI=1S/C10H12FNO5S2/c11-18(13,14)9-1-3-10(4-2-9)19(15,16)12-5-7-17-8-6-12/h1-4H,5-8H2. The second-order valence-electron chi connectivity index (χ2n) is 3.93. The fourth-order valence-electron chi connectivity index (χ4n) is 1.71. The monoisotopic (exact) mass is 309 g/mol. The molecule has 6 nitrogen and oxygen atoms in total. The molecule has 0 saturated carbocycles. The van der Waals surface area contributed by atoms with Gasteiger partial charge in [-0.15, -0.1) is 3.89 Å². The lowest BCUT2D eigenvalue weighted by Gasteiger charge is -2.26. The van der Waals surface area contributed by atoms with Crippen molar-refractivity contribution in [3.05, 3.63) is 24.3 Å². The molecule has 0 amide bonds. The number of sulfonamides is 1. The molecule has 19 heavy (non-hydrogen) atoms. The Bertz CT molecular complexity index is 648. The van der Waals surface area contributed by atoms with Crippen LogP contribution < -0.4 is 0 Å². The van der Waals surface area contributed by atoms with E-state index in [1.54, 1.807) is 0 Å². The Kier molecular flexibility index (Phi) is 3.90. The molecule has 0 atom stereocenters. The largest absolute Gasteiger partial charge is 0.379 e. The van der Waals surface area contributed by atoms with Crippen LogP contribution in [0.4, 0.5) is 3.89 Å². The van der Waals surface area contributed by atoms with Gasteiger partial charge in [-0.1, -0.05) is 0 Å². The third kappa shape index (κ3) is 3.11. The molecule has 2 rings (SSSR count). The molecule has 1 aromatic rings. The average molecular weight is 309 g/mol. The Morgan fingerprint density at radius 2 is 1.42 bits per heavy atom. The molecule has 9 heteroatoms. The zero-order chi connectivity index (χ0) is 14.1. The van der Waals surface area contributed by atoms with E-state index in [-0.39, 0.29) is 18.0 Å². The molecule has 1 fully saturated rings. The van der Waals surface area contributed by atoms with Crippen LogP contribution in [0.15, 0.2) is 34.1 Å². The van der Waals surface area contributed by atoms with Crippen LogP contribution in [0.25, 0.3) is 0 Å². The maximum absolute atomic E-state index is 12.7. The number of rotatable bonds is 3. The number of benzene rings is 1. The summed E-state index contributed by atoms with van der Waals surface area (Å²) in [6.07, 6.45) is 0. The molecular weight excluding hydrogens is 297 g/mol. The van der Waals surface area contributed by atoms with Gasteiger partial charge in [-0.2, -0.15) is 12.7 Å². The second kappa shape index (κ2) is 5.16. The van der Waals surface area contributed by atoms with Gasteiger partial charge in [-0.25, -0.2) is 8.42 Å². The molecule has 1 aromatic carbocycles. The van der Waals surface area contributed by atoms with Gasteiger partial charge in [0.05, 0.1) is 23.0 Å². The van der Waals surface area contributed by atoms with E-state index in [4.69, 9.17) is 4.74 Å². The summed E-state index contributed by atoms with van der Waals surface area (Å²) in [7, 11) is -8.51. The molecule has 106 valence electrons. The summed E-state index contributed by atoms with van der Waals surface area (Å²) < 4.78 is 64.7. The van der Waals surface area contributed by atoms with Gasteiger partial charge in [0, 0.05) is 13.1 Å². The number of morpholine rings is 1. The molecule has 0 aromatic heterocycles. The molecule has 0 N–H and O–H groups in total. The molecule has 1 heterocycles. The Labute approximate surface area is 111 Å². The fraction of sp³-hybridized carbons (Fsp3) is 0.400. The SMILES string of the molecule is O=S(=O)(F)c1ccc(S(=O)(=O)N2CCOCC2)cc1. The minimum atomic E-state index is -4.82. The summed E-state index contributed by atoms with van der Waals surface area (Å²) >= 11 is 0. The van der Waals surface area contributed by atoms with Crippen LogP contribution in [-0.4, -0.2) is 47.4 Å². The van der Waals surface area contributed by atoms with Gasteiger partial charge < -0.3 is 4.74 Å². The van der Waals surface area contributed by atoms with E-state index >= 15 is 0 Å². The van der Waals surface area contributed by atoms with Crippen molar-refractivity contribution in [2.45, 2.75) is 9.79 Å². The van der Waals surface area contributed by atoms with Gasteiger partial charge in [0.15, 0.2) is 0 Å². The molecule has 0 aliphatic carbocycles. The highest BCUT2D eigenvalue weighted by Crippen LogP contribution is 2.20. The molecule has 1 saturated heterocycles. The summed E-state index contributed by atoms with van der Waals surface area (Å²) in [5.74, 6) is 0. The zero-order valence-electron chi connectivity index (χ0n) is 9.82. The highest BCUT2D eigenvalue weighted by atomic mass is 32.3. The number of nitrogens with zero attached hydrogens (tertiary/aromatic N) is 1. The lowest BCUT2D eigenvalue weighted by Crippen LogP contribution is -2.40. The van der Waals surface area contributed by atoms with Crippen LogP contribution in [0.1, 0.15) is 0 Å². The van der Waals surface area contributed by atoms with Crippen molar-refractivity contribution < 1.29 is 25.5 Å². The summed E-state index contributed by atoms with van der Waals surface area (Å²) in [6.45, 7) is 1.11. The molecule has 0 radical (unpaired) electrons. The number of hydrogen-bond donors (Lipinski definition) is 0. The Morgan fingerprint density at radius 1 is 0.947 bits per heavy atom. The molecular formula is C10H12FNO5S2. The Balaban J connectivity index is 2.31. The number of halogens is 1. The summed E-state index contributed by atoms with van der Waals surface area (Å²) in [4.78, 5) is -0.629. The minimum Gasteiger partial charge on any atom is -0.379 e. The van der Waals surface area contributed by atoms with Crippen molar-refractivity contribution in [3.8, 4) is 0 Å². The highest BCUT2D eigenvalue weighted by Gasteiger charge is 2.26. The van der Waals surface area contributed by atoms with E-state index in [2.05, 4.69) is 0 Å². The van der Waals surface area contributed by atoms with E-state index in [9.17, 15) is 20.7 Å². The molecule has 0 bridgehead atoms. The third-order valence-electron chi connectivity index (χ3n) is 2.71. The average Bonchev–Trinajstić information content (AvgIpc) is 2.39. The van der Waals surface area contributed by atoms with Crippen molar-refractivity contribution in [2.75, 3.05) is 26.3 Å². The van der Waals surface area contributed by atoms with Crippen LogP contribution in [0, 0.1) is 0 Å². The van der Waals surface area contributed by atoms with Gasteiger partial charge in [-0.05, 0) is 24.3 Å². The first-order valence-corrected chi connectivity index (χ1v) is 8.27. The third-order valence-corrected chi connectivity index (χ3v) is 5.46. The fourth-order valence-corrected chi connectivity index (χ4v) is 3.58. The zero-order valence-corrected chi connectivity index (χ0v) is 11.5. The minimum absolute atomic E-state index is 0.0678. The lowest BCUT2D eigenvalue weighted by molar-refractivity contribution is 0.0730. The first-order chi connectivity index (χ1) is 8.82. The first kappa shape index (κ1) is 14.4. The van der Waals surface area contributed by atoms with Crippen LogP contribution in [0.2, 0.25) is 0 Å². The maximum atomic E-state index is 12.7. The van der Waals surface area contributed by atoms with Crippen molar-refractivity contribution in [3.63, 3.8) is 0 Å². The van der Waals surface area contributed by atoms with Gasteiger partial charge in [0.2, 0.25) is 10.0 Å². The summed E-state index contributed by atoms with van der Waals surface area (Å²) in [6, 6.07) is 4.03. The predicted octanol–water partition coefficient (Wildman–Crippen LogP) is 0.366. The maximum Gasteiger partial charge on any atom is 0.332 e. The van der Waals surface area contributed by atoms with Crippen molar-refractivity contribution in [1.29, 1.82) is 0 Å². The quantitative estimate of drug-likeness (QED) is 0.753. The Morgan fingerprint density at radius 3 is 1.89 bits per heavy atom. The lowest BCUT2D eigenvalue weighted by atomic mass is 10.4. The summed E-state index contributed by atoms with van der Waals surface area (Å²) in [5, 5.41) is 0. The van der Waals surface area contributed by atoms with Crippen molar-refractivity contribution in [2.24, 2.45) is 0 Å². The molecule has 1 aliphatic heterocycles. The van der Waals surface area contributed by atoms with Gasteiger partial charge in [-0.3, -0.25) is 0 Å². The van der Waals surface area contributed by atoms with Crippen molar-refractivity contribution >= 4 is 20.2 Å². The van der Waals surface area contributed by atoms with Crippen LogP contribution >= 0.6 is 0 Å². The van der Waals surface area contributed by atoms with E-state index in [1.807, 2.05) is 0 Å². The number of ether oxygens (including phenoxy) is 1. The first-order valence-electron chi connectivity index (χ1n) is 5.44. The van der Waals surface area contributed by atoms with Crippen molar-refractivity contribution in [1.82, 2.24) is 4.31 Å². The van der Waals surface area contributed by atoms with Gasteiger partial charge >= 0.3 is 10.2 Å². The van der Waals surface area contributed by atoms with Crippen LogP contribution in [0.3, 0.4) is 0 Å². The molecule has 0 spiro atoms. The van der Waals surface area contributed by atoms with Gasteiger partial charge in [0.1, 0.15) is 0 Å². The second-order valence-corrected chi connectivity index (χ2v) is 7.21. The number of hydrogen-bond acceptors (Lipinski definition) is 5. The molecule has 0 unspecified atom stereocenters. The highest BCUT2D eigenvalue weighted by molar-refractivity contribution is 7.89. The van der Waals surface area contributed by atoms with E-state index < -0.39 is 25.1 Å². The topological polar surface area (TPSA) is 80.8 Å². The Hall–Kier alpha value is -1.03. The molecule has 1 aliphatic rings. The normalized spacial score (nSPS) is 18.4. The smallest absolute Gasteiger partial charge is 0.332 e. The summed E-state index contributed by atoms with van der Waals surface area (Å²) in [5.41, 5.74) is 0. The van der Waals surface area contributed by atoms with E-state index in [1.165, 1.54) is 4.31 Å². The predicted molar refractivity (Wildman–Crippen MR) is 64.3 cm³/mol. The van der Waals surface area contributed by atoms with Gasteiger partial charge in [0.25, 0.3) is 0 Å². The van der Waals surface area contributed by atoms with Crippen LogP contribution in [0.5, 0.6) is 0 Å². The van der Waals surface area contributed by atoms with Crippen LogP contribution in [-0.2, 0) is 25.0 Å². The van der Waals surface area contributed by atoms with E-state index in [0.717, 1.165) is 24.3 Å².